The molecule has 0 saturated carbocycles. The number of anilines is 1. The molecule has 0 aromatic heterocycles. The van der Waals surface area contributed by atoms with E-state index in [-0.39, 0.29) is 24.1 Å². The lowest BCUT2D eigenvalue weighted by Crippen LogP contribution is -2.37. The molecular weight excluding hydrogens is 422 g/mol. The minimum absolute atomic E-state index is 0.0459. The molecule has 0 aliphatic carbocycles. The zero-order valence-electron chi connectivity index (χ0n) is 19.3. The van der Waals surface area contributed by atoms with E-state index in [9.17, 15) is 14.4 Å². The highest BCUT2D eigenvalue weighted by Gasteiger charge is 2.24. The average molecular weight is 454 g/mol. The minimum Gasteiger partial charge on any atom is -0.493 e. The topological polar surface area (TPSA) is 97.0 Å². The lowest BCUT2D eigenvalue weighted by molar-refractivity contribution is -0.116. The number of piperidine rings is 1. The van der Waals surface area contributed by atoms with Crippen LogP contribution < -0.4 is 20.1 Å². The summed E-state index contributed by atoms with van der Waals surface area (Å²) in [4.78, 5) is 40.1. The van der Waals surface area contributed by atoms with Gasteiger partial charge in [0.1, 0.15) is 0 Å². The maximum atomic E-state index is 13.2. The predicted octanol–water partition coefficient (Wildman–Crippen LogP) is 3.48. The predicted molar refractivity (Wildman–Crippen MR) is 126 cm³/mol. The third-order valence-corrected chi connectivity index (χ3v) is 5.58. The quantitative estimate of drug-likeness (QED) is 0.638. The van der Waals surface area contributed by atoms with E-state index in [0.717, 1.165) is 19.3 Å². The molecule has 1 unspecified atom stereocenters. The second-order valence-corrected chi connectivity index (χ2v) is 8.10. The van der Waals surface area contributed by atoms with E-state index in [1.165, 1.54) is 14.2 Å². The number of hydrogen-bond acceptors (Lipinski definition) is 5. The van der Waals surface area contributed by atoms with E-state index < -0.39 is 6.04 Å². The van der Waals surface area contributed by atoms with Gasteiger partial charge in [0.05, 0.1) is 25.5 Å². The van der Waals surface area contributed by atoms with E-state index in [0.29, 0.717) is 41.4 Å². The summed E-state index contributed by atoms with van der Waals surface area (Å²) in [6.07, 6.45) is 3.06. The molecule has 33 heavy (non-hydrogen) atoms. The summed E-state index contributed by atoms with van der Waals surface area (Å²) >= 11 is 0. The van der Waals surface area contributed by atoms with Crippen molar-refractivity contribution in [1.29, 1.82) is 0 Å². The highest BCUT2D eigenvalue weighted by atomic mass is 16.5. The summed E-state index contributed by atoms with van der Waals surface area (Å²) in [5.74, 6) is 0.0999. The van der Waals surface area contributed by atoms with Gasteiger partial charge < -0.3 is 25.0 Å². The molecule has 1 saturated heterocycles. The molecule has 0 spiro atoms. The molecule has 0 radical (unpaired) electrons. The molecule has 1 heterocycles. The largest absolute Gasteiger partial charge is 0.493 e. The number of carbonyl (C=O) groups is 3. The first kappa shape index (κ1) is 24.1. The van der Waals surface area contributed by atoms with Gasteiger partial charge in [-0.25, -0.2) is 0 Å². The molecule has 176 valence electrons. The van der Waals surface area contributed by atoms with E-state index in [1.54, 1.807) is 48.2 Å². The molecule has 8 nitrogen and oxygen atoms in total. The first-order chi connectivity index (χ1) is 15.9. The van der Waals surface area contributed by atoms with Gasteiger partial charge in [0.2, 0.25) is 5.91 Å². The molecule has 2 aromatic carbocycles. The van der Waals surface area contributed by atoms with Crippen molar-refractivity contribution in [2.24, 2.45) is 0 Å². The second kappa shape index (κ2) is 11.4. The van der Waals surface area contributed by atoms with Gasteiger partial charge in [-0.05, 0) is 44.4 Å². The Morgan fingerprint density at radius 1 is 0.970 bits per heavy atom. The number of methoxy groups -OCH3 is 2. The fourth-order valence-electron chi connectivity index (χ4n) is 3.85. The molecular formula is C25H31N3O5. The third-order valence-electron chi connectivity index (χ3n) is 5.58. The van der Waals surface area contributed by atoms with Gasteiger partial charge in [-0.1, -0.05) is 18.2 Å². The summed E-state index contributed by atoms with van der Waals surface area (Å²) in [7, 11) is 3.00. The monoisotopic (exact) mass is 453 g/mol. The number of nitrogens with one attached hydrogen (secondary N) is 2. The third kappa shape index (κ3) is 6.25. The number of carbonyl (C=O) groups excluding carboxylic acids is 3. The normalized spacial score (nSPS) is 14.2. The summed E-state index contributed by atoms with van der Waals surface area (Å²) in [6.45, 7) is 3.13. The Hall–Kier alpha value is -3.55. The SMILES string of the molecule is COc1cc(NC(=O)CC(C)NC(=O)c2ccccc2)c(C(=O)N2CCCCC2)cc1OC. The van der Waals surface area contributed by atoms with Crippen molar-refractivity contribution in [3.63, 3.8) is 0 Å². The van der Waals surface area contributed by atoms with Crippen molar-refractivity contribution in [2.75, 3.05) is 32.6 Å². The van der Waals surface area contributed by atoms with Gasteiger partial charge in [0.15, 0.2) is 11.5 Å². The van der Waals surface area contributed by atoms with Crippen LogP contribution in [0.5, 0.6) is 11.5 Å². The number of ether oxygens (including phenoxy) is 2. The number of amides is 3. The molecule has 1 atom stereocenters. The Kier molecular flexibility index (Phi) is 8.29. The highest BCUT2D eigenvalue weighted by molar-refractivity contribution is 6.05. The van der Waals surface area contributed by atoms with Crippen LogP contribution in [0.15, 0.2) is 42.5 Å². The van der Waals surface area contributed by atoms with Crippen molar-refractivity contribution in [3.05, 3.63) is 53.6 Å². The van der Waals surface area contributed by atoms with E-state index in [2.05, 4.69) is 10.6 Å². The molecule has 1 aliphatic rings. The Morgan fingerprint density at radius 2 is 1.61 bits per heavy atom. The maximum absolute atomic E-state index is 13.2. The average Bonchev–Trinajstić information content (AvgIpc) is 2.84. The van der Waals surface area contributed by atoms with Crippen molar-refractivity contribution in [3.8, 4) is 11.5 Å². The van der Waals surface area contributed by atoms with Gasteiger partial charge in [0, 0.05) is 37.2 Å². The molecule has 8 heteroatoms. The molecule has 2 N–H and O–H groups in total. The number of rotatable bonds is 8. The first-order valence-corrected chi connectivity index (χ1v) is 11.1. The molecule has 1 aliphatic heterocycles. The van der Waals surface area contributed by atoms with E-state index in [1.807, 2.05) is 6.07 Å². The van der Waals surface area contributed by atoms with Crippen LogP contribution in [0.3, 0.4) is 0 Å². The van der Waals surface area contributed by atoms with Gasteiger partial charge in [0.25, 0.3) is 11.8 Å². The smallest absolute Gasteiger partial charge is 0.256 e. The lowest BCUT2D eigenvalue weighted by atomic mass is 10.1. The Bertz CT molecular complexity index is 987. The van der Waals surface area contributed by atoms with Crippen molar-refractivity contribution in [1.82, 2.24) is 10.2 Å². The van der Waals surface area contributed by atoms with Gasteiger partial charge >= 0.3 is 0 Å². The molecule has 1 fully saturated rings. The van der Waals surface area contributed by atoms with Crippen LogP contribution in [-0.2, 0) is 4.79 Å². The lowest BCUT2D eigenvalue weighted by Gasteiger charge is -2.28. The fourth-order valence-corrected chi connectivity index (χ4v) is 3.85. The van der Waals surface area contributed by atoms with Crippen molar-refractivity contribution in [2.45, 2.75) is 38.6 Å². The second-order valence-electron chi connectivity index (χ2n) is 8.10. The van der Waals surface area contributed by atoms with Crippen molar-refractivity contribution < 1.29 is 23.9 Å². The standard InChI is InChI=1S/C25H31N3O5/c1-17(26-24(30)18-10-6-4-7-11-18)14-23(29)27-20-16-22(33-3)21(32-2)15-19(20)25(31)28-12-8-5-9-13-28/h4,6-7,10-11,15-17H,5,8-9,12-14H2,1-3H3,(H,26,30)(H,27,29). The zero-order valence-corrected chi connectivity index (χ0v) is 19.3. The zero-order chi connectivity index (χ0) is 23.8. The van der Waals surface area contributed by atoms with Crippen LogP contribution in [0.1, 0.15) is 53.3 Å². The van der Waals surface area contributed by atoms with Crippen LogP contribution in [0, 0.1) is 0 Å². The first-order valence-electron chi connectivity index (χ1n) is 11.1. The molecule has 2 aromatic rings. The Balaban J connectivity index is 1.74. The summed E-state index contributed by atoms with van der Waals surface area (Å²) in [5.41, 5.74) is 1.23. The van der Waals surface area contributed by atoms with Crippen LogP contribution in [0.25, 0.3) is 0 Å². The summed E-state index contributed by atoms with van der Waals surface area (Å²) < 4.78 is 10.7. The number of benzene rings is 2. The fraction of sp³-hybridized carbons (Fsp3) is 0.400. The number of likely N-dealkylation sites (tertiary alicyclic amines) is 1. The van der Waals surface area contributed by atoms with E-state index >= 15 is 0 Å². The summed E-state index contributed by atoms with van der Waals surface area (Å²) in [6, 6.07) is 11.6. The number of hydrogen-bond donors (Lipinski definition) is 2. The maximum Gasteiger partial charge on any atom is 0.256 e. The Morgan fingerprint density at radius 3 is 2.24 bits per heavy atom. The van der Waals surface area contributed by atoms with Crippen LogP contribution >= 0.6 is 0 Å². The van der Waals surface area contributed by atoms with E-state index in [4.69, 9.17) is 9.47 Å². The van der Waals surface area contributed by atoms with Crippen molar-refractivity contribution >= 4 is 23.4 Å². The van der Waals surface area contributed by atoms with Crippen LogP contribution in [0.4, 0.5) is 5.69 Å². The highest BCUT2D eigenvalue weighted by Crippen LogP contribution is 2.34. The Labute approximate surface area is 194 Å². The van der Waals surface area contributed by atoms with Gasteiger partial charge in [-0.2, -0.15) is 0 Å². The van der Waals surface area contributed by atoms with Gasteiger partial charge in [-0.3, -0.25) is 14.4 Å². The summed E-state index contributed by atoms with van der Waals surface area (Å²) in [5, 5.41) is 5.65. The molecule has 0 bridgehead atoms. The minimum atomic E-state index is -0.404. The van der Waals surface area contributed by atoms with Crippen LogP contribution in [-0.4, -0.2) is 56.0 Å². The number of nitrogens with zero attached hydrogens (tertiary/aromatic N) is 1. The van der Waals surface area contributed by atoms with Gasteiger partial charge in [-0.15, -0.1) is 0 Å². The molecule has 3 amide bonds. The molecule has 3 rings (SSSR count). The van der Waals surface area contributed by atoms with Crippen LogP contribution in [0.2, 0.25) is 0 Å².